The van der Waals surface area contributed by atoms with Gasteiger partial charge in [0.1, 0.15) is 22.8 Å². The monoisotopic (exact) mass is 495 g/mol. The summed E-state index contributed by atoms with van der Waals surface area (Å²) in [6.45, 7) is 6.85. The number of rotatable bonds is 9. The normalized spacial score (nSPS) is 14.9. The van der Waals surface area contributed by atoms with Gasteiger partial charge in [0.15, 0.2) is 0 Å². The zero-order valence-electron chi connectivity index (χ0n) is 21.9. The van der Waals surface area contributed by atoms with Crippen molar-refractivity contribution in [2.75, 3.05) is 27.3 Å². The molecule has 0 bridgehead atoms. The summed E-state index contributed by atoms with van der Waals surface area (Å²) in [5.41, 5.74) is 1.58. The van der Waals surface area contributed by atoms with Crippen LogP contribution in [0.15, 0.2) is 39.8 Å². The van der Waals surface area contributed by atoms with Gasteiger partial charge in [-0.2, -0.15) is 0 Å². The van der Waals surface area contributed by atoms with E-state index < -0.39 is 11.5 Å². The van der Waals surface area contributed by atoms with Gasteiger partial charge < -0.3 is 24.5 Å². The van der Waals surface area contributed by atoms with Gasteiger partial charge in [-0.05, 0) is 51.7 Å². The van der Waals surface area contributed by atoms with Crippen LogP contribution in [0.1, 0.15) is 62.5 Å². The Bertz CT molecular complexity index is 1170. The molecule has 1 fully saturated rings. The Balaban J connectivity index is 2.07. The fourth-order valence-electron chi connectivity index (χ4n) is 4.85. The molecule has 194 valence electrons. The largest absolute Gasteiger partial charge is 0.506 e. The van der Waals surface area contributed by atoms with E-state index in [0.717, 1.165) is 31.4 Å². The predicted octanol–water partition coefficient (Wildman–Crippen LogP) is 4.95. The summed E-state index contributed by atoms with van der Waals surface area (Å²) in [4.78, 5) is 35.7. The molecule has 2 heterocycles. The fourth-order valence-corrected chi connectivity index (χ4v) is 4.85. The van der Waals surface area contributed by atoms with Crippen LogP contribution in [0.4, 0.5) is 0 Å². The maximum absolute atomic E-state index is 13.6. The second kappa shape index (κ2) is 12.4. The number of piperidine rings is 1. The molecule has 2 aromatic rings. The fraction of sp³-hybridized carbons (Fsp3) is 0.464. The quantitative estimate of drug-likeness (QED) is 0.479. The van der Waals surface area contributed by atoms with Crippen molar-refractivity contribution in [1.29, 1.82) is 0 Å². The van der Waals surface area contributed by atoms with E-state index in [1.807, 2.05) is 26.8 Å². The lowest BCUT2D eigenvalue weighted by Gasteiger charge is -2.32. The number of hydrogen-bond donors (Lipinski definition) is 2. The third-order valence-electron chi connectivity index (χ3n) is 6.71. The molecule has 2 N–H and O–H groups in total. The van der Waals surface area contributed by atoms with Crippen LogP contribution in [0.2, 0.25) is 0 Å². The number of pyridine rings is 1. The Hall–Kier alpha value is -3.55. The van der Waals surface area contributed by atoms with Gasteiger partial charge in [-0.15, -0.1) is 0 Å². The molecule has 36 heavy (non-hydrogen) atoms. The molecule has 1 saturated heterocycles. The summed E-state index contributed by atoms with van der Waals surface area (Å²) >= 11 is 0. The minimum absolute atomic E-state index is 0.255. The first kappa shape index (κ1) is 27.0. The molecule has 1 aliphatic rings. The van der Waals surface area contributed by atoms with Crippen molar-refractivity contribution in [3.63, 3.8) is 0 Å². The molecule has 0 atom stereocenters. The molecule has 1 aliphatic heterocycles. The molecule has 8 heteroatoms. The number of ether oxygens (including phenoxy) is 2. The molecule has 0 radical (unpaired) electrons. The first-order valence-corrected chi connectivity index (χ1v) is 12.5. The average molecular weight is 496 g/mol. The second-order valence-corrected chi connectivity index (χ2v) is 8.84. The van der Waals surface area contributed by atoms with Crippen molar-refractivity contribution < 1.29 is 19.4 Å². The van der Waals surface area contributed by atoms with Gasteiger partial charge in [0, 0.05) is 36.6 Å². The SMILES string of the molecule is CC=N/C(=C\C)C1CCN(C(=O)c2c(O)c(-c3c(OC)cccc3OC)c(CCCC)[nH]c2=O)CC1. The topological polar surface area (TPSA) is 104 Å². The van der Waals surface area contributed by atoms with Gasteiger partial charge >= 0.3 is 0 Å². The zero-order valence-corrected chi connectivity index (χ0v) is 21.9. The number of unbranched alkanes of at least 4 members (excludes halogenated alkanes) is 1. The number of aromatic amines is 1. The number of methoxy groups -OCH3 is 2. The highest BCUT2D eigenvalue weighted by Gasteiger charge is 2.32. The number of nitrogens with zero attached hydrogens (tertiary/aromatic N) is 2. The van der Waals surface area contributed by atoms with Crippen molar-refractivity contribution in [2.45, 2.75) is 52.9 Å². The Labute approximate surface area is 212 Å². The number of amides is 1. The number of likely N-dealkylation sites (tertiary alicyclic amines) is 1. The first-order valence-electron chi connectivity index (χ1n) is 12.5. The van der Waals surface area contributed by atoms with Crippen molar-refractivity contribution in [1.82, 2.24) is 9.88 Å². The Kier molecular flexibility index (Phi) is 9.33. The van der Waals surface area contributed by atoms with Gasteiger partial charge in [-0.25, -0.2) is 0 Å². The van der Waals surface area contributed by atoms with Gasteiger partial charge in [0.25, 0.3) is 11.5 Å². The molecular formula is C28H37N3O5. The lowest BCUT2D eigenvalue weighted by atomic mass is 9.92. The van der Waals surface area contributed by atoms with Crippen LogP contribution in [0, 0.1) is 5.92 Å². The highest BCUT2D eigenvalue weighted by molar-refractivity contribution is 6.00. The first-order chi connectivity index (χ1) is 17.4. The summed E-state index contributed by atoms with van der Waals surface area (Å²) in [6.07, 6.45) is 7.48. The van der Waals surface area contributed by atoms with Gasteiger partial charge in [0.2, 0.25) is 0 Å². The number of carbonyl (C=O) groups is 1. The molecule has 3 rings (SSSR count). The summed E-state index contributed by atoms with van der Waals surface area (Å²) in [5, 5.41) is 11.5. The number of nitrogens with one attached hydrogen (secondary N) is 1. The Morgan fingerprint density at radius 3 is 2.33 bits per heavy atom. The number of aromatic nitrogens is 1. The molecule has 0 aliphatic carbocycles. The lowest BCUT2D eigenvalue weighted by molar-refractivity contribution is 0.0696. The van der Waals surface area contributed by atoms with Crippen LogP contribution in [0.3, 0.4) is 0 Å². The third-order valence-corrected chi connectivity index (χ3v) is 6.71. The van der Waals surface area contributed by atoms with E-state index in [9.17, 15) is 14.7 Å². The van der Waals surface area contributed by atoms with Crippen LogP contribution in [-0.2, 0) is 6.42 Å². The van der Waals surface area contributed by atoms with Gasteiger partial charge in [-0.3, -0.25) is 14.6 Å². The highest BCUT2D eigenvalue weighted by atomic mass is 16.5. The van der Waals surface area contributed by atoms with Crippen molar-refractivity contribution >= 4 is 12.1 Å². The molecule has 1 amide bonds. The number of H-pyrrole nitrogens is 1. The van der Waals surface area contributed by atoms with Crippen molar-refractivity contribution in [3.8, 4) is 28.4 Å². The average Bonchev–Trinajstić information content (AvgIpc) is 2.90. The second-order valence-electron chi connectivity index (χ2n) is 8.84. The van der Waals surface area contributed by atoms with Gasteiger partial charge in [0.05, 0.1) is 25.3 Å². The number of benzene rings is 1. The lowest BCUT2D eigenvalue weighted by Crippen LogP contribution is -2.41. The standard InChI is InChI=1S/C28H37N3O5/c1-6-9-11-20-23(24-21(35-4)12-10-13-22(24)36-5)26(32)25(27(33)30-20)28(34)31-16-14-18(15-17-31)19(7-2)29-8-3/h7-8,10,12-13,18H,6,9,11,14-17H2,1-5H3,(H2,30,32,33)/b19-7-,29-8?. The van der Waals surface area contributed by atoms with E-state index in [1.54, 1.807) is 29.3 Å². The van der Waals surface area contributed by atoms with Crippen molar-refractivity contribution in [3.05, 3.63) is 51.6 Å². The minimum atomic E-state index is -0.590. The number of allylic oxidation sites excluding steroid dienone is 2. The minimum Gasteiger partial charge on any atom is -0.506 e. The van der Waals surface area contributed by atoms with Crippen LogP contribution in [-0.4, -0.2) is 54.4 Å². The molecular weight excluding hydrogens is 458 g/mol. The number of aliphatic imine (C=N–C) groups is 1. The molecule has 1 aromatic carbocycles. The highest BCUT2D eigenvalue weighted by Crippen LogP contribution is 2.45. The predicted molar refractivity (Wildman–Crippen MR) is 142 cm³/mol. The van der Waals surface area contributed by atoms with Crippen LogP contribution >= 0.6 is 0 Å². The van der Waals surface area contributed by atoms with E-state index in [1.165, 1.54) is 14.2 Å². The molecule has 1 aromatic heterocycles. The number of carbonyl (C=O) groups excluding carboxylic acids is 1. The van der Waals surface area contributed by atoms with Crippen LogP contribution in [0.5, 0.6) is 17.2 Å². The number of aryl methyl sites for hydroxylation is 1. The summed E-state index contributed by atoms with van der Waals surface area (Å²) < 4.78 is 11.1. The van der Waals surface area contributed by atoms with E-state index in [-0.39, 0.29) is 17.2 Å². The van der Waals surface area contributed by atoms with E-state index >= 15 is 0 Å². The van der Waals surface area contributed by atoms with Crippen LogP contribution < -0.4 is 15.0 Å². The smallest absolute Gasteiger partial charge is 0.264 e. The molecule has 0 spiro atoms. The summed E-state index contributed by atoms with van der Waals surface area (Å²) in [7, 11) is 3.06. The number of aromatic hydroxyl groups is 1. The van der Waals surface area contributed by atoms with E-state index in [4.69, 9.17) is 9.47 Å². The van der Waals surface area contributed by atoms with E-state index in [0.29, 0.717) is 47.8 Å². The third kappa shape index (κ3) is 5.48. The molecule has 0 unspecified atom stereocenters. The van der Waals surface area contributed by atoms with Gasteiger partial charge in [-0.1, -0.05) is 25.5 Å². The molecule has 0 saturated carbocycles. The van der Waals surface area contributed by atoms with Crippen molar-refractivity contribution in [2.24, 2.45) is 10.9 Å². The maximum Gasteiger partial charge on any atom is 0.264 e. The summed E-state index contributed by atoms with van der Waals surface area (Å²) in [5.74, 6) is 0.384. The summed E-state index contributed by atoms with van der Waals surface area (Å²) in [6, 6.07) is 5.30. The number of hydrogen-bond acceptors (Lipinski definition) is 6. The molecule has 8 nitrogen and oxygen atoms in total. The van der Waals surface area contributed by atoms with E-state index in [2.05, 4.69) is 9.98 Å². The zero-order chi connectivity index (χ0) is 26.2. The Morgan fingerprint density at radius 2 is 1.81 bits per heavy atom. The van der Waals surface area contributed by atoms with Crippen LogP contribution in [0.25, 0.3) is 11.1 Å². The maximum atomic E-state index is 13.6. The Morgan fingerprint density at radius 1 is 1.17 bits per heavy atom.